The number of ether oxygens (including phenoxy) is 1. The fraction of sp³-hybridized carbons (Fsp3) is 0.348. The highest BCUT2D eigenvalue weighted by Gasteiger charge is 2.21. The average Bonchev–Trinajstić information content (AvgIpc) is 3.31. The minimum atomic E-state index is -0.451. The number of aryl methyl sites for hydroxylation is 2. The first kappa shape index (κ1) is 21.8. The van der Waals surface area contributed by atoms with E-state index in [0.29, 0.717) is 34.6 Å². The lowest BCUT2D eigenvalue weighted by Crippen LogP contribution is -2.14. The maximum absolute atomic E-state index is 12.4. The van der Waals surface area contributed by atoms with Gasteiger partial charge in [-0.25, -0.2) is 9.78 Å². The zero-order chi connectivity index (χ0) is 21.8. The van der Waals surface area contributed by atoms with Crippen LogP contribution in [0.1, 0.15) is 58.4 Å². The summed E-state index contributed by atoms with van der Waals surface area (Å²) in [6.45, 7) is 8.05. The molecule has 0 radical (unpaired) electrons. The molecule has 2 heterocycles. The van der Waals surface area contributed by atoms with Crippen LogP contribution in [0.25, 0.3) is 11.3 Å². The number of rotatable bonds is 7. The Kier molecular flexibility index (Phi) is 6.72. The van der Waals surface area contributed by atoms with Crippen LogP contribution in [-0.4, -0.2) is 24.0 Å². The molecular formula is C23H26N2O4S. The van der Waals surface area contributed by atoms with Gasteiger partial charge in [-0.2, -0.15) is 0 Å². The number of anilines is 1. The number of amides is 1. The molecular weight excluding hydrogens is 400 g/mol. The van der Waals surface area contributed by atoms with Crippen LogP contribution >= 0.6 is 11.3 Å². The highest BCUT2D eigenvalue weighted by atomic mass is 32.1. The van der Waals surface area contributed by atoms with Crippen LogP contribution < -0.4 is 5.32 Å². The third-order valence-electron chi connectivity index (χ3n) is 5.01. The molecule has 3 aromatic rings. The van der Waals surface area contributed by atoms with Crippen LogP contribution in [0.3, 0.4) is 0 Å². The van der Waals surface area contributed by atoms with Crippen LogP contribution in [0.4, 0.5) is 5.00 Å². The fourth-order valence-electron chi connectivity index (χ4n) is 3.06. The molecule has 158 valence electrons. The number of nitrogens with one attached hydrogen (secondary N) is 1. The number of thiophene rings is 1. The summed E-state index contributed by atoms with van der Waals surface area (Å²) in [5, 5.41) is 3.34. The summed E-state index contributed by atoms with van der Waals surface area (Å²) < 4.78 is 10.6. The molecule has 30 heavy (non-hydrogen) atoms. The molecule has 7 heteroatoms. The van der Waals surface area contributed by atoms with E-state index in [1.807, 2.05) is 26.0 Å². The third kappa shape index (κ3) is 4.79. The molecule has 0 aliphatic carbocycles. The van der Waals surface area contributed by atoms with Gasteiger partial charge < -0.3 is 14.5 Å². The van der Waals surface area contributed by atoms with E-state index < -0.39 is 5.97 Å². The van der Waals surface area contributed by atoms with Gasteiger partial charge in [0.1, 0.15) is 5.00 Å². The highest BCUT2D eigenvalue weighted by molar-refractivity contribution is 7.16. The summed E-state index contributed by atoms with van der Waals surface area (Å²) in [5.41, 5.74) is 3.45. The normalized spacial score (nSPS) is 11.0. The standard InChI is InChI=1S/C23H26N2O4S/c1-13(2)16-6-8-17(9-7-16)18-12-24-20(29-18)11-10-19(26)25-22-21(23(27)28-5)14(3)15(4)30-22/h6-9,12-13H,10-11H2,1-5H3,(H,25,26). The number of nitrogens with zero attached hydrogens (tertiary/aromatic N) is 1. The first-order valence-corrected chi connectivity index (χ1v) is 10.6. The van der Waals surface area contributed by atoms with E-state index in [0.717, 1.165) is 16.0 Å². The summed E-state index contributed by atoms with van der Waals surface area (Å²) in [4.78, 5) is 29.7. The molecule has 0 atom stereocenters. The van der Waals surface area contributed by atoms with Crippen molar-refractivity contribution < 1.29 is 18.7 Å². The summed E-state index contributed by atoms with van der Waals surface area (Å²) in [6.07, 6.45) is 2.24. The Labute approximate surface area is 180 Å². The Balaban J connectivity index is 1.62. The third-order valence-corrected chi connectivity index (χ3v) is 6.13. The Morgan fingerprint density at radius 3 is 2.53 bits per heavy atom. The van der Waals surface area contributed by atoms with Gasteiger partial charge in [0.25, 0.3) is 0 Å². The molecule has 0 saturated carbocycles. The number of hydrogen-bond donors (Lipinski definition) is 1. The Morgan fingerprint density at radius 2 is 1.90 bits per heavy atom. The Bertz CT molecular complexity index is 1050. The summed E-state index contributed by atoms with van der Waals surface area (Å²) >= 11 is 1.37. The molecule has 0 bridgehead atoms. The maximum Gasteiger partial charge on any atom is 0.341 e. The van der Waals surface area contributed by atoms with Crippen molar-refractivity contribution in [2.45, 2.75) is 46.5 Å². The molecule has 0 saturated heterocycles. The molecule has 1 amide bonds. The van der Waals surface area contributed by atoms with Crippen LogP contribution in [0, 0.1) is 13.8 Å². The minimum Gasteiger partial charge on any atom is -0.465 e. The van der Waals surface area contributed by atoms with Crippen molar-refractivity contribution in [1.29, 1.82) is 0 Å². The lowest BCUT2D eigenvalue weighted by Gasteiger charge is -2.06. The van der Waals surface area contributed by atoms with Gasteiger partial charge in [-0.05, 0) is 30.9 Å². The number of methoxy groups -OCH3 is 1. The number of benzene rings is 1. The summed E-state index contributed by atoms with van der Waals surface area (Å²) in [5.74, 6) is 0.993. The van der Waals surface area contributed by atoms with Gasteiger partial charge >= 0.3 is 5.97 Å². The first-order chi connectivity index (χ1) is 14.3. The smallest absolute Gasteiger partial charge is 0.341 e. The molecule has 1 N–H and O–H groups in total. The molecule has 0 spiro atoms. The predicted molar refractivity (Wildman–Crippen MR) is 118 cm³/mol. The van der Waals surface area contributed by atoms with Crippen LogP contribution in [0.2, 0.25) is 0 Å². The van der Waals surface area contributed by atoms with Gasteiger partial charge in [0.05, 0.1) is 18.9 Å². The number of oxazole rings is 1. The molecule has 3 rings (SSSR count). The van der Waals surface area contributed by atoms with E-state index in [1.165, 1.54) is 24.0 Å². The second kappa shape index (κ2) is 9.26. The SMILES string of the molecule is COC(=O)c1c(NC(=O)CCc2ncc(-c3ccc(C(C)C)cc3)o2)sc(C)c1C. The molecule has 0 fully saturated rings. The molecule has 1 aromatic carbocycles. The quantitative estimate of drug-likeness (QED) is 0.504. The minimum absolute atomic E-state index is 0.197. The average molecular weight is 427 g/mol. The zero-order valence-corrected chi connectivity index (χ0v) is 18.7. The number of esters is 1. The lowest BCUT2D eigenvalue weighted by atomic mass is 10.0. The van der Waals surface area contributed by atoms with Gasteiger partial charge in [-0.15, -0.1) is 11.3 Å². The van der Waals surface area contributed by atoms with E-state index in [-0.39, 0.29) is 12.3 Å². The molecule has 0 unspecified atom stereocenters. The summed E-state index contributed by atoms with van der Waals surface area (Å²) in [6, 6.07) is 8.20. The largest absolute Gasteiger partial charge is 0.465 e. The fourth-order valence-corrected chi connectivity index (χ4v) is 4.13. The van der Waals surface area contributed by atoms with Crippen LogP contribution in [0.5, 0.6) is 0 Å². The lowest BCUT2D eigenvalue weighted by molar-refractivity contribution is -0.116. The zero-order valence-electron chi connectivity index (χ0n) is 17.9. The van der Waals surface area contributed by atoms with Gasteiger partial charge in [0, 0.05) is 23.3 Å². The van der Waals surface area contributed by atoms with Gasteiger partial charge in [0.2, 0.25) is 5.91 Å². The second-order valence-electron chi connectivity index (χ2n) is 7.42. The van der Waals surface area contributed by atoms with Gasteiger partial charge in [-0.3, -0.25) is 4.79 Å². The van der Waals surface area contributed by atoms with E-state index >= 15 is 0 Å². The van der Waals surface area contributed by atoms with E-state index in [9.17, 15) is 9.59 Å². The van der Waals surface area contributed by atoms with Crippen molar-refractivity contribution in [3.05, 3.63) is 57.9 Å². The Hall–Kier alpha value is -2.93. The van der Waals surface area contributed by atoms with Gasteiger partial charge in [-0.1, -0.05) is 38.1 Å². The maximum atomic E-state index is 12.4. The molecule has 0 aliphatic heterocycles. The first-order valence-electron chi connectivity index (χ1n) is 9.83. The second-order valence-corrected chi connectivity index (χ2v) is 8.65. The Morgan fingerprint density at radius 1 is 1.20 bits per heavy atom. The number of carbonyl (C=O) groups is 2. The summed E-state index contributed by atoms with van der Waals surface area (Å²) in [7, 11) is 1.33. The molecule has 0 aliphatic rings. The van der Waals surface area contributed by atoms with Gasteiger partial charge in [0.15, 0.2) is 11.7 Å². The number of aromatic nitrogens is 1. The van der Waals surface area contributed by atoms with Crippen LogP contribution in [-0.2, 0) is 16.0 Å². The molecule has 2 aromatic heterocycles. The van der Waals surface area contributed by atoms with Crippen molar-refractivity contribution in [2.75, 3.05) is 12.4 Å². The number of carbonyl (C=O) groups excluding carboxylic acids is 2. The van der Waals surface area contributed by atoms with E-state index in [1.54, 1.807) is 6.20 Å². The van der Waals surface area contributed by atoms with Crippen molar-refractivity contribution in [1.82, 2.24) is 4.98 Å². The molecule has 6 nitrogen and oxygen atoms in total. The predicted octanol–water partition coefficient (Wildman–Crippen LogP) is 5.50. The number of hydrogen-bond acceptors (Lipinski definition) is 6. The van der Waals surface area contributed by atoms with Crippen LogP contribution in [0.15, 0.2) is 34.9 Å². The monoisotopic (exact) mass is 426 g/mol. The highest BCUT2D eigenvalue weighted by Crippen LogP contribution is 2.33. The van der Waals surface area contributed by atoms with Crippen molar-refractivity contribution >= 4 is 28.2 Å². The topological polar surface area (TPSA) is 81.4 Å². The van der Waals surface area contributed by atoms with Crippen molar-refractivity contribution in [3.8, 4) is 11.3 Å². The van der Waals surface area contributed by atoms with Crippen molar-refractivity contribution in [3.63, 3.8) is 0 Å². The van der Waals surface area contributed by atoms with E-state index in [4.69, 9.17) is 9.15 Å². The van der Waals surface area contributed by atoms with E-state index in [2.05, 4.69) is 36.3 Å². The van der Waals surface area contributed by atoms with Crippen molar-refractivity contribution in [2.24, 2.45) is 0 Å².